The number of ether oxygens (including phenoxy) is 1. The molecule has 1 atom stereocenters. The number of rotatable bonds is 9. The number of hydrogen-bond donors (Lipinski definition) is 2. The Morgan fingerprint density at radius 2 is 2.03 bits per heavy atom. The predicted molar refractivity (Wildman–Crippen MR) is 147 cm³/mol. The summed E-state index contributed by atoms with van der Waals surface area (Å²) < 4.78 is 5.58. The fourth-order valence-corrected chi connectivity index (χ4v) is 4.56. The summed E-state index contributed by atoms with van der Waals surface area (Å²) in [6.07, 6.45) is 7.01. The number of aryl methyl sites for hydroxylation is 1. The highest BCUT2D eigenvalue weighted by Gasteiger charge is 2.20. The Bertz CT molecular complexity index is 1560. The van der Waals surface area contributed by atoms with Crippen molar-refractivity contribution < 1.29 is 14.3 Å². The van der Waals surface area contributed by atoms with Crippen LogP contribution in [-0.2, 0) is 9.53 Å². The molecule has 1 aliphatic heterocycles. The number of nitrogens with zero attached hydrogens (tertiary/aromatic N) is 4. The molecule has 3 heterocycles. The highest BCUT2D eigenvalue weighted by atomic mass is 35.5. The first-order chi connectivity index (χ1) is 18.4. The molecule has 5 rings (SSSR count). The number of benzene rings is 2. The second kappa shape index (κ2) is 11.0. The van der Waals surface area contributed by atoms with Crippen molar-refractivity contribution in [2.24, 2.45) is 0 Å². The molecular formula is C28H27ClN6O3. The molecule has 2 N–H and O–H groups in total. The van der Waals surface area contributed by atoms with E-state index in [1.807, 2.05) is 31.2 Å². The number of carbonyl (C=O) groups excluding carboxylic acids is 2. The van der Waals surface area contributed by atoms with Crippen molar-refractivity contribution in [2.75, 3.05) is 25.0 Å². The van der Waals surface area contributed by atoms with Crippen molar-refractivity contribution >= 4 is 51.2 Å². The number of H-pyrrole nitrogens is 1. The first kappa shape index (κ1) is 25.4. The third-order valence-corrected chi connectivity index (χ3v) is 6.61. The van der Waals surface area contributed by atoms with Crippen molar-refractivity contribution in [3.63, 3.8) is 0 Å². The maximum absolute atomic E-state index is 12.9. The molecular weight excluding hydrogens is 504 g/mol. The van der Waals surface area contributed by atoms with Gasteiger partial charge in [-0.3, -0.25) is 9.59 Å². The van der Waals surface area contributed by atoms with Crippen LogP contribution in [0.15, 0.2) is 61.5 Å². The SMILES string of the molecule is C=CC(OC(=O)CCCNc1ncnc2cc(C(=O)N3CC=CC3)c(C)cc12)c1nc2ccc(Cl)cc2[nH]1. The van der Waals surface area contributed by atoms with Gasteiger partial charge in [-0.15, -0.1) is 0 Å². The number of nitrogens with one attached hydrogen (secondary N) is 2. The number of aromatic nitrogens is 4. The smallest absolute Gasteiger partial charge is 0.306 e. The molecule has 1 amide bonds. The molecule has 0 spiro atoms. The van der Waals surface area contributed by atoms with Gasteiger partial charge in [-0.05, 0) is 55.3 Å². The van der Waals surface area contributed by atoms with Gasteiger partial charge in [-0.1, -0.05) is 30.3 Å². The molecule has 0 aliphatic carbocycles. The summed E-state index contributed by atoms with van der Waals surface area (Å²) in [5.41, 5.74) is 3.67. The Kier molecular flexibility index (Phi) is 7.37. The minimum atomic E-state index is -0.691. The molecule has 1 unspecified atom stereocenters. The quantitative estimate of drug-likeness (QED) is 0.175. The maximum Gasteiger partial charge on any atom is 0.306 e. The molecule has 10 heteroatoms. The number of amides is 1. The van der Waals surface area contributed by atoms with Crippen LogP contribution in [0, 0.1) is 6.92 Å². The molecule has 0 bridgehead atoms. The summed E-state index contributed by atoms with van der Waals surface area (Å²) in [5, 5.41) is 4.69. The number of fused-ring (bicyclic) bond motifs is 2. The van der Waals surface area contributed by atoms with E-state index in [1.54, 1.807) is 23.1 Å². The number of aromatic amines is 1. The standard InChI is InChI=1S/C28H27ClN6O3/c1-3-24(27-33-21-9-8-18(29)14-23(21)34-27)38-25(36)7-6-10-30-26-20-13-17(2)19(15-22(20)31-16-32-26)28(37)35-11-4-5-12-35/h3-5,8-9,13-16,24H,1,6-7,10-12H2,2H3,(H,33,34)(H,30,31,32). The summed E-state index contributed by atoms with van der Waals surface area (Å²) in [6, 6.07) is 9.06. The van der Waals surface area contributed by atoms with Gasteiger partial charge in [0.1, 0.15) is 12.1 Å². The molecule has 2 aromatic heterocycles. The summed E-state index contributed by atoms with van der Waals surface area (Å²) in [5.74, 6) is 0.770. The van der Waals surface area contributed by atoms with Gasteiger partial charge >= 0.3 is 5.97 Å². The van der Waals surface area contributed by atoms with Gasteiger partial charge in [-0.2, -0.15) is 0 Å². The third kappa shape index (κ3) is 5.38. The number of imidazole rings is 1. The Morgan fingerprint density at radius 3 is 2.82 bits per heavy atom. The zero-order valence-electron chi connectivity index (χ0n) is 20.9. The zero-order valence-corrected chi connectivity index (χ0v) is 21.7. The van der Waals surface area contributed by atoms with E-state index in [0.29, 0.717) is 53.8 Å². The van der Waals surface area contributed by atoms with E-state index in [4.69, 9.17) is 16.3 Å². The lowest BCUT2D eigenvalue weighted by molar-refractivity contribution is -0.147. The Hall–Kier alpha value is -4.24. The first-order valence-corrected chi connectivity index (χ1v) is 12.7. The highest BCUT2D eigenvalue weighted by molar-refractivity contribution is 6.31. The third-order valence-electron chi connectivity index (χ3n) is 6.37. The first-order valence-electron chi connectivity index (χ1n) is 12.3. The number of esters is 1. The molecule has 0 fully saturated rings. The zero-order chi connectivity index (χ0) is 26.6. The second-order valence-electron chi connectivity index (χ2n) is 9.05. The van der Waals surface area contributed by atoms with Crippen LogP contribution in [0.4, 0.5) is 5.82 Å². The summed E-state index contributed by atoms with van der Waals surface area (Å²) >= 11 is 6.04. The molecule has 2 aromatic carbocycles. The van der Waals surface area contributed by atoms with E-state index < -0.39 is 6.10 Å². The summed E-state index contributed by atoms with van der Waals surface area (Å²) in [7, 11) is 0. The maximum atomic E-state index is 12.9. The fraction of sp³-hybridized carbons (Fsp3) is 0.250. The molecule has 38 heavy (non-hydrogen) atoms. The van der Waals surface area contributed by atoms with Gasteiger partial charge in [0, 0.05) is 42.0 Å². The van der Waals surface area contributed by atoms with Crippen LogP contribution in [-0.4, -0.2) is 56.3 Å². The van der Waals surface area contributed by atoms with Gasteiger partial charge in [0.05, 0.1) is 16.6 Å². The van der Waals surface area contributed by atoms with Crippen molar-refractivity contribution in [1.82, 2.24) is 24.8 Å². The van der Waals surface area contributed by atoms with Crippen molar-refractivity contribution in [3.8, 4) is 0 Å². The predicted octanol–water partition coefficient (Wildman–Crippen LogP) is 5.14. The van der Waals surface area contributed by atoms with E-state index in [0.717, 1.165) is 22.0 Å². The molecule has 4 aromatic rings. The average Bonchev–Trinajstić information content (AvgIpc) is 3.59. The number of anilines is 1. The molecule has 0 radical (unpaired) electrons. The molecule has 9 nitrogen and oxygen atoms in total. The van der Waals surface area contributed by atoms with Crippen molar-refractivity contribution in [3.05, 3.63) is 83.4 Å². The van der Waals surface area contributed by atoms with E-state index in [2.05, 4.69) is 31.8 Å². The summed E-state index contributed by atoms with van der Waals surface area (Å²) in [4.78, 5) is 43.5. The van der Waals surface area contributed by atoms with E-state index >= 15 is 0 Å². The highest BCUT2D eigenvalue weighted by Crippen LogP contribution is 2.26. The topological polar surface area (TPSA) is 113 Å². The second-order valence-corrected chi connectivity index (χ2v) is 9.48. The van der Waals surface area contributed by atoms with E-state index in [-0.39, 0.29) is 18.3 Å². The van der Waals surface area contributed by atoms with Gasteiger partial charge in [-0.25, -0.2) is 15.0 Å². The minimum Gasteiger partial charge on any atom is -0.450 e. The molecule has 0 saturated heterocycles. The van der Waals surface area contributed by atoms with Gasteiger partial charge in [0.25, 0.3) is 5.91 Å². The summed E-state index contributed by atoms with van der Waals surface area (Å²) in [6.45, 7) is 7.43. The molecule has 194 valence electrons. The lowest BCUT2D eigenvalue weighted by atomic mass is 10.0. The number of carbonyl (C=O) groups is 2. The Balaban J connectivity index is 1.18. The van der Waals surface area contributed by atoms with E-state index in [9.17, 15) is 9.59 Å². The van der Waals surface area contributed by atoms with Gasteiger partial charge < -0.3 is 19.9 Å². The fourth-order valence-electron chi connectivity index (χ4n) is 4.39. The van der Waals surface area contributed by atoms with Gasteiger partial charge in [0.15, 0.2) is 11.9 Å². The van der Waals surface area contributed by atoms with Crippen LogP contribution in [0.2, 0.25) is 5.02 Å². The van der Waals surface area contributed by atoms with Crippen LogP contribution >= 0.6 is 11.6 Å². The number of halogens is 1. The Morgan fingerprint density at radius 1 is 1.21 bits per heavy atom. The van der Waals surface area contributed by atoms with Crippen LogP contribution in [0.1, 0.15) is 40.7 Å². The minimum absolute atomic E-state index is 0.00897. The largest absolute Gasteiger partial charge is 0.450 e. The lowest BCUT2D eigenvalue weighted by Crippen LogP contribution is -2.28. The molecule has 0 saturated carbocycles. The van der Waals surface area contributed by atoms with Crippen LogP contribution in [0.5, 0.6) is 0 Å². The van der Waals surface area contributed by atoms with Crippen LogP contribution in [0.3, 0.4) is 0 Å². The van der Waals surface area contributed by atoms with Crippen molar-refractivity contribution in [2.45, 2.75) is 25.9 Å². The lowest BCUT2D eigenvalue weighted by Gasteiger charge is -2.17. The Labute approximate surface area is 224 Å². The van der Waals surface area contributed by atoms with E-state index in [1.165, 1.54) is 12.4 Å². The average molecular weight is 531 g/mol. The normalized spacial score (nSPS) is 13.7. The van der Waals surface area contributed by atoms with Crippen LogP contribution < -0.4 is 5.32 Å². The monoisotopic (exact) mass is 530 g/mol. The van der Waals surface area contributed by atoms with Crippen molar-refractivity contribution in [1.29, 1.82) is 0 Å². The van der Waals surface area contributed by atoms with Gasteiger partial charge in [0.2, 0.25) is 0 Å². The molecule has 1 aliphatic rings. The number of hydrogen-bond acceptors (Lipinski definition) is 7. The van der Waals surface area contributed by atoms with Crippen LogP contribution in [0.25, 0.3) is 21.9 Å².